The minimum Gasteiger partial charge on any atom is -0.338 e. The maximum atomic E-state index is 4.52. The highest BCUT2D eigenvalue weighted by atomic mass is 15.1. The van der Waals surface area contributed by atoms with Crippen molar-refractivity contribution >= 4 is 60.9 Å². The second-order valence-corrected chi connectivity index (χ2v) is 17.4. The number of fused-ring (bicyclic) bond motifs is 6. The third-order valence-electron chi connectivity index (χ3n) is 13.4. The zero-order valence-corrected chi connectivity index (χ0v) is 36.4. The molecule has 0 atom stereocenters. The number of benzene rings is 8. The summed E-state index contributed by atoms with van der Waals surface area (Å²) in [6.45, 7) is 13.8. The Labute approximate surface area is 376 Å². The Morgan fingerprint density at radius 2 is 1.34 bits per heavy atom. The van der Waals surface area contributed by atoms with Crippen molar-refractivity contribution in [3.05, 3.63) is 253 Å². The number of allylic oxidation sites excluding steroid dienone is 6. The standard InChI is InChI=1S/C61H49N3/c1-5-6-17-42(2)62-39-38-43(18-14-19-45-20-15-21-46-22-16-29-59(62)60(45)46)44-30-32-48(33-31-44)63(50-34-36-52-51-25-10-12-27-55(51)61(3,4)56(52)41-50)49-35-37-58-54(40-49)53-26-11-13-28-57(53)64(58)47-23-8-7-9-24-47/h5-18,20-38,40-41H,1-2,19,39H2,3-4H3/b17-6-,18-14-,43-38+. The molecular formula is C61H49N3. The summed E-state index contributed by atoms with van der Waals surface area (Å²) in [4.78, 5) is 4.75. The third kappa shape index (κ3) is 6.51. The number of nitrogens with zero attached hydrogens (tertiary/aromatic N) is 3. The molecule has 0 bridgehead atoms. The van der Waals surface area contributed by atoms with Crippen LogP contribution in [0, 0.1) is 0 Å². The number of rotatable bonds is 8. The molecule has 1 aliphatic heterocycles. The molecule has 0 fully saturated rings. The minimum atomic E-state index is -0.133. The van der Waals surface area contributed by atoms with Gasteiger partial charge in [0, 0.05) is 62.3 Å². The van der Waals surface area contributed by atoms with Crippen molar-refractivity contribution in [2.45, 2.75) is 25.7 Å². The van der Waals surface area contributed by atoms with Crippen molar-refractivity contribution in [3.63, 3.8) is 0 Å². The van der Waals surface area contributed by atoms with Crippen LogP contribution in [-0.4, -0.2) is 11.1 Å². The number of hydrogen-bond acceptors (Lipinski definition) is 2. The summed E-state index contributed by atoms with van der Waals surface area (Å²) in [7, 11) is 0. The highest BCUT2D eigenvalue weighted by molar-refractivity contribution is 6.11. The molecule has 2 aliphatic rings. The third-order valence-corrected chi connectivity index (χ3v) is 13.4. The smallest absolute Gasteiger partial charge is 0.0542 e. The van der Waals surface area contributed by atoms with E-state index in [1.807, 2.05) is 12.2 Å². The van der Waals surface area contributed by atoms with Gasteiger partial charge in [0.15, 0.2) is 0 Å². The van der Waals surface area contributed by atoms with Crippen molar-refractivity contribution in [1.82, 2.24) is 4.57 Å². The van der Waals surface area contributed by atoms with Gasteiger partial charge in [-0.15, -0.1) is 0 Å². The molecule has 9 aromatic rings. The van der Waals surface area contributed by atoms with E-state index in [2.05, 4.69) is 236 Å². The van der Waals surface area contributed by atoms with E-state index >= 15 is 0 Å². The summed E-state index contributed by atoms with van der Waals surface area (Å²) in [5.41, 5.74) is 17.8. The monoisotopic (exact) mass is 823 g/mol. The predicted octanol–water partition coefficient (Wildman–Crippen LogP) is 16.0. The molecule has 0 N–H and O–H groups in total. The van der Waals surface area contributed by atoms with Crippen molar-refractivity contribution in [3.8, 4) is 16.8 Å². The van der Waals surface area contributed by atoms with E-state index in [0.29, 0.717) is 6.54 Å². The molecule has 1 aliphatic carbocycles. The highest BCUT2D eigenvalue weighted by Crippen LogP contribution is 2.51. The normalized spacial score (nSPS) is 15.5. The molecular weight excluding hydrogens is 775 g/mol. The lowest BCUT2D eigenvalue weighted by atomic mass is 9.82. The average Bonchev–Trinajstić information content (AvgIpc) is 3.78. The Balaban J connectivity index is 1.04. The van der Waals surface area contributed by atoms with Crippen molar-refractivity contribution in [2.24, 2.45) is 0 Å². The predicted molar refractivity (Wildman–Crippen MR) is 274 cm³/mol. The molecule has 0 saturated heterocycles. The summed E-state index contributed by atoms with van der Waals surface area (Å²) in [6, 6.07) is 64.7. The van der Waals surface area contributed by atoms with E-state index in [1.165, 1.54) is 66.0 Å². The zero-order chi connectivity index (χ0) is 43.4. The molecule has 8 aromatic carbocycles. The first-order valence-corrected chi connectivity index (χ1v) is 22.3. The molecule has 3 heteroatoms. The number of anilines is 4. The van der Waals surface area contributed by atoms with E-state index in [1.54, 1.807) is 6.08 Å². The maximum Gasteiger partial charge on any atom is 0.0542 e. The fourth-order valence-corrected chi connectivity index (χ4v) is 10.3. The first-order valence-electron chi connectivity index (χ1n) is 22.3. The molecule has 0 unspecified atom stereocenters. The van der Waals surface area contributed by atoms with E-state index in [9.17, 15) is 0 Å². The second-order valence-electron chi connectivity index (χ2n) is 17.4. The number of aromatic nitrogens is 1. The van der Waals surface area contributed by atoms with Gasteiger partial charge in [0.2, 0.25) is 0 Å². The Kier molecular flexibility index (Phi) is 9.62. The first-order chi connectivity index (χ1) is 31.4. The van der Waals surface area contributed by atoms with Crippen LogP contribution in [0.4, 0.5) is 22.7 Å². The van der Waals surface area contributed by atoms with E-state index in [0.717, 1.165) is 46.1 Å². The fraction of sp³-hybridized carbons (Fsp3) is 0.0820. The topological polar surface area (TPSA) is 11.4 Å². The zero-order valence-electron chi connectivity index (χ0n) is 36.4. The largest absolute Gasteiger partial charge is 0.338 e. The Morgan fingerprint density at radius 1 is 0.641 bits per heavy atom. The van der Waals surface area contributed by atoms with Gasteiger partial charge in [-0.1, -0.05) is 167 Å². The van der Waals surface area contributed by atoms with Crippen LogP contribution in [0.2, 0.25) is 0 Å². The second kappa shape index (κ2) is 15.8. The summed E-state index contributed by atoms with van der Waals surface area (Å²) in [5.74, 6) is 0. The quantitative estimate of drug-likeness (QED) is 0.141. The maximum absolute atomic E-state index is 4.52. The Hall–Kier alpha value is -7.88. The van der Waals surface area contributed by atoms with E-state index in [-0.39, 0.29) is 5.41 Å². The van der Waals surface area contributed by atoms with Crippen molar-refractivity contribution in [1.29, 1.82) is 0 Å². The molecule has 0 saturated carbocycles. The van der Waals surface area contributed by atoms with Crippen LogP contribution in [0.5, 0.6) is 0 Å². The van der Waals surface area contributed by atoms with Gasteiger partial charge in [0.25, 0.3) is 0 Å². The number of hydrogen-bond donors (Lipinski definition) is 0. The Bertz CT molecular complexity index is 3390. The average molecular weight is 824 g/mol. The van der Waals surface area contributed by atoms with Crippen LogP contribution in [-0.2, 0) is 11.8 Å². The molecule has 11 rings (SSSR count). The van der Waals surface area contributed by atoms with Gasteiger partial charge in [-0.25, -0.2) is 0 Å². The summed E-state index contributed by atoms with van der Waals surface area (Å²) in [6.07, 6.45) is 13.6. The van der Waals surface area contributed by atoms with Crippen LogP contribution in [0.3, 0.4) is 0 Å². The van der Waals surface area contributed by atoms with Crippen LogP contribution in [0.1, 0.15) is 36.1 Å². The lowest BCUT2D eigenvalue weighted by molar-refractivity contribution is 0.660. The van der Waals surface area contributed by atoms with Gasteiger partial charge in [-0.3, -0.25) is 0 Å². The van der Waals surface area contributed by atoms with Crippen LogP contribution in [0.15, 0.2) is 231 Å². The minimum absolute atomic E-state index is 0.133. The SMILES string of the molecule is C=C/C=C\C(=C)N1C/C=C(c2ccc(N(c3ccc4c(c3)C(C)(C)c3ccccc3-4)c3ccc4c(c3)c3ccccc3n4-c3ccccc3)cc2)\C=C/Cc2cccc3cccc1c23. The van der Waals surface area contributed by atoms with Crippen LogP contribution >= 0.6 is 0 Å². The fourth-order valence-electron chi connectivity index (χ4n) is 10.3. The van der Waals surface area contributed by atoms with E-state index in [4.69, 9.17) is 0 Å². The molecule has 3 nitrogen and oxygen atoms in total. The van der Waals surface area contributed by atoms with Crippen LogP contribution < -0.4 is 9.80 Å². The van der Waals surface area contributed by atoms with Gasteiger partial charge in [-0.05, 0) is 124 Å². The van der Waals surface area contributed by atoms with Crippen molar-refractivity contribution < 1.29 is 0 Å². The molecule has 0 amide bonds. The van der Waals surface area contributed by atoms with Crippen LogP contribution in [0.25, 0.3) is 55.0 Å². The highest BCUT2D eigenvalue weighted by Gasteiger charge is 2.36. The lowest BCUT2D eigenvalue weighted by Crippen LogP contribution is -2.22. The summed E-state index contributed by atoms with van der Waals surface area (Å²) >= 11 is 0. The lowest BCUT2D eigenvalue weighted by Gasteiger charge is -2.28. The van der Waals surface area contributed by atoms with Gasteiger partial charge < -0.3 is 14.4 Å². The van der Waals surface area contributed by atoms with Gasteiger partial charge in [-0.2, -0.15) is 0 Å². The molecule has 0 radical (unpaired) electrons. The van der Waals surface area contributed by atoms with Gasteiger partial charge in [0.1, 0.15) is 0 Å². The Morgan fingerprint density at radius 3 is 2.19 bits per heavy atom. The van der Waals surface area contributed by atoms with Crippen molar-refractivity contribution in [2.75, 3.05) is 16.3 Å². The van der Waals surface area contributed by atoms with Gasteiger partial charge >= 0.3 is 0 Å². The summed E-state index contributed by atoms with van der Waals surface area (Å²) < 4.78 is 2.38. The molecule has 2 heterocycles. The summed E-state index contributed by atoms with van der Waals surface area (Å²) in [5, 5.41) is 4.95. The first kappa shape index (κ1) is 39.0. The molecule has 64 heavy (non-hydrogen) atoms. The van der Waals surface area contributed by atoms with Gasteiger partial charge in [0.05, 0.1) is 11.0 Å². The molecule has 1 aromatic heterocycles. The number of para-hydroxylation sites is 2. The van der Waals surface area contributed by atoms with E-state index < -0.39 is 0 Å². The molecule has 0 spiro atoms. The molecule has 308 valence electrons.